The van der Waals surface area contributed by atoms with Gasteiger partial charge < -0.3 is 14.6 Å². The van der Waals surface area contributed by atoms with E-state index in [-0.39, 0.29) is 23.2 Å². The van der Waals surface area contributed by atoms with Crippen molar-refractivity contribution in [3.8, 4) is 17.2 Å². The van der Waals surface area contributed by atoms with Gasteiger partial charge in [-0.05, 0) is 120 Å². The van der Waals surface area contributed by atoms with Crippen LogP contribution in [0.4, 0.5) is 0 Å². The topological polar surface area (TPSA) is 62.2 Å². The molecule has 1 N–H and O–H groups in total. The summed E-state index contributed by atoms with van der Waals surface area (Å²) >= 11 is 0. The second kappa shape index (κ2) is 14.7. The number of carbonyl (C=O) groups is 1. The molecule has 2 aliphatic heterocycles. The number of likely N-dealkylation sites (tertiary alicyclic amines) is 1. The Bertz CT molecular complexity index is 1620. The summed E-state index contributed by atoms with van der Waals surface area (Å²) in [5.74, 6) is 2.39. The van der Waals surface area contributed by atoms with E-state index in [1.807, 2.05) is 0 Å². The summed E-state index contributed by atoms with van der Waals surface area (Å²) in [6.45, 7) is 5.88. The van der Waals surface area contributed by atoms with Crippen LogP contribution in [0.5, 0.6) is 17.2 Å². The lowest BCUT2D eigenvalue weighted by molar-refractivity contribution is -0.132. The number of phenols is 1. The molecule has 3 fully saturated rings. The number of aromatic hydroxyl groups is 1. The molecular weight excluding hydrogens is 620 g/mol. The van der Waals surface area contributed by atoms with Crippen LogP contribution in [-0.2, 0) is 29.5 Å². The fraction of sp³-hybridized carbons (Fsp3) is 0.568. The number of carbonyl (C=O) groups excluding carboxylic acids is 1. The van der Waals surface area contributed by atoms with Gasteiger partial charge in [-0.25, -0.2) is 0 Å². The molecule has 6 heteroatoms. The van der Waals surface area contributed by atoms with E-state index in [2.05, 4.69) is 70.5 Å². The zero-order valence-corrected chi connectivity index (χ0v) is 30.0. The third-order valence-corrected chi connectivity index (χ3v) is 12.9. The molecule has 2 heterocycles. The smallest absolute Gasteiger partial charge is 0.308 e. The molecule has 0 unspecified atom stereocenters. The van der Waals surface area contributed by atoms with Gasteiger partial charge in [-0.1, -0.05) is 73.5 Å². The van der Waals surface area contributed by atoms with Crippen molar-refractivity contribution < 1.29 is 19.4 Å². The number of hydrogen-bond donors (Lipinski definition) is 1. The van der Waals surface area contributed by atoms with E-state index < -0.39 is 0 Å². The minimum absolute atomic E-state index is 0.00388. The van der Waals surface area contributed by atoms with E-state index in [9.17, 15) is 9.90 Å². The van der Waals surface area contributed by atoms with Crippen LogP contribution in [0.2, 0.25) is 0 Å². The van der Waals surface area contributed by atoms with Gasteiger partial charge in [-0.3, -0.25) is 14.6 Å². The first-order valence-corrected chi connectivity index (χ1v) is 19.8. The van der Waals surface area contributed by atoms with Crippen LogP contribution in [0, 0.1) is 11.8 Å². The van der Waals surface area contributed by atoms with Gasteiger partial charge in [0.25, 0.3) is 0 Å². The Labute approximate surface area is 299 Å². The van der Waals surface area contributed by atoms with Crippen LogP contribution in [0.3, 0.4) is 0 Å². The SMILES string of the molecule is CC(=O)Oc1cc(O)c2c3c1O[C@H]1[C@@H](N(CCCCCCc4ccccc4)CCCCc4ccccc4)CC[C@H]4[C@@H](C2)N(CC2CC2)CC[C@@]341. The highest BCUT2D eigenvalue weighted by Gasteiger charge is 2.67. The zero-order chi connectivity index (χ0) is 34.1. The van der Waals surface area contributed by atoms with Gasteiger partial charge in [0.1, 0.15) is 11.9 Å². The highest BCUT2D eigenvalue weighted by molar-refractivity contribution is 5.73. The number of ether oxygens (including phenoxy) is 2. The zero-order valence-electron chi connectivity index (χ0n) is 30.0. The Balaban J connectivity index is 1.04. The summed E-state index contributed by atoms with van der Waals surface area (Å²) in [6.07, 6.45) is 16.5. The van der Waals surface area contributed by atoms with Crippen molar-refractivity contribution in [3.05, 3.63) is 89.0 Å². The Morgan fingerprint density at radius 1 is 0.900 bits per heavy atom. The lowest BCUT2D eigenvalue weighted by Crippen LogP contribution is -2.69. The van der Waals surface area contributed by atoms with Crippen LogP contribution in [0.25, 0.3) is 0 Å². The molecule has 266 valence electrons. The highest BCUT2D eigenvalue weighted by Crippen LogP contribution is 2.66. The molecular formula is C44H56N2O4. The lowest BCUT2D eigenvalue weighted by atomic mass is 9.50. The van der Waals surface area contributed by atoms with E-state index >= 15 is 0 Å². The maximum Gasteiger partial charge on any atom is 0.308 e. The predicted molar refractivity (Wildman–Crippen MR) is 198 cm³/mol. The van der Waals surface area contributed by atoms with E-state index in [0.29, 0.717) is 23.8 Å². The van der Waals surface area contributed by atoms with Crippen molar-refractivity contribution in [2.24, 2.45) is 11.8 Å². The van der Waals surface area contributed by atoms with Crippen molar-refractivity contribution >= 4 is 5.97 Å². The van der Waals surface area contributed by atoms with Crippen LogP contribution in [0.1, 0.15) is 99.8 Å². The number of esters is 1. The van der Waals surface area contributed by atoms with Crippen molar-refractivity contribution in [3.63, 3.8) is 0 Å². The molecule has 8 rings (SSSR count). The molecule has 0 radical (unpaired) electrons. The number of benzene rings is 3. The highest BCUT2D eigenvalue weighted by atomic mass is 16.6. The molecule has 5 aliphatic rings. The molecule has 2 bridgehead atoms. The average molecular weight is 677 g/mol. The number of phenolic OH excluding ortho intramolecular Hbond substituents is 1. The molecule has 2 saturated carbocycles. The van der Waals surface area contributed by atoms with Gasteiger partial charge in [0.15, 0.2) is 11.5 Å². The van der Waals surface area contributed by atoms with E-state index in [0.717, 1.165) is 75.4 Å². The number of aryl methyl sites for hydroxylation is 2. The molecule has 5 atom stereocenters. The van der Waals surface area contributed by atoms with Crippen LogP contribution in [0.15, 0.2) is 66.7 Å². The number of nitrogens with zero attached hydrogens (tertiary/aromatic N) is 2. The first-order valence-electron chi connectivity index (χ1n) is 19.8. The molecule has 3 aromatic carbocycles. The number of unbranched alkanes of at least 4 members (excludes halogenated alkanes) is 4. The maximum atomic E-state index is 12.3. The molecule has 1 saturated heterocycles. The molecule has 3 aliphatic carbocycles. The fourth-order valence-corrected chi connectivity index (χ4v) is 10.5. The minimum atomic E-state index is -0.370. The quantitative estimate of drug-likeness (QED) is 0.0937. The summed E-state index contributed by atoms with van der Waals surface area (Å²) < 4.78 is 13.0. The van der Waals surface area contributed by atoms with E-state index in [4.69, 9.17) is 9.47 Å². The predicted octanol–water partition coefficient (Wildman–Crippen LogP) is 8.26. The molecule has 0 aromatic heterocycles. The second-order valence-corrected chi connectivity index (χ2v) is 16.1. The summed E-state index contributed by atoms with van der Waals surface area (Å²) in [6, 6.07) is 24.2. The van der Waals surface area contributed by atoms with E-state index in [1.54, 1.807) is 6.07 Å². The average Bonchev–Trinajstić information content (AvgIpc) is 3.88. The molecule has 3 aromatic rings. The third-order valence-electron chi connectivity index (χ3n) is 12.9. The van der Waals surface area contributed by atoms with Crippen LogP contribution >= 0.6 is 0 Å². The summed E-state index contributed by atoms with van der Waals surface area (Å²) in [7, 11) is 0. The second-order valence-electron chi connectivity index (χ2n) is 16.1. The minimum Gasteiger partial charge on any atom is -0.508 e. The molecule has 1 spiro atoms. The van der Waals surface area contributed by atoms with Crippen molar-refractivity contribution in [1.82, 2.24) is 9.80 Å². The summed E-state index contributed by atoms with van der Waals surface area (Å²) in [4.78, 5) is 17.9. The van der Waals surface area contributed by atoms with Crippen LogP contribution < -0.4 is 9.47 Å². The Morgan fingerprint density at radius 3 is 2.24 bits per heavy atom. The molecule has 6 nitrogen and oxygen atoms in total. The van der Waals surface area contributed by atoms with Crippen LogP contribution in [-0.4, -0.2) is 65.2 Å². The van der Waals surface area contributed by atoms with Gasteiger partial charge in [0.2, 0.25) is 0 Å². The first-order chi connectivity index (χ1) is 24.5. The number of rotatable bonds is 16. The standard InChI is InChI=1S/C44H56N2O4/c1-31(47)49-40-29-39(48)35-28-38-36-22-23-37(43-44(36,41(35)42(40)50-43)24-27-46(38)30-34-20-21-34)45(26-13-11-19-33-17-9-5-10-18-33)25-12-3-2-6-14-32-15-7-4-8-16-32/h4-5,7-10,15-18,29,34,36-38,43,48H,2-3,6,11-14,19-28,30H2,1H3/t36-,37-,38+,43-,44-/m0/s1. The van der Waals surface area contributed by atoms with Gasteiger partial charge in [-0.2, -0.15) is 0 Å². The number of hydrogen-bond acceptors (Lipinski definition) is 6. The summed E-state index contributed by atoms with van der Waals surface area (Å²) in [5, 5.41) is 11.5. The largest absolute Gasteiger partial charge is 0.508 e. The van der Waals surface area contributed by atoms with Crippen molar-refractivity contribution in [2.75, 3.05) is 26.2 Å². The normalized spacial score (nSPS) is 26.4. The molecule has 0 amide bonds. The third kappa shape index (κ3) is 6.70. The fourth-order valence-electron chi connectivity index (χ4n) is 10.5. The first kappa shape index (κ1) is 33.8. The maximum absolute atomic E-state index is 12.3. The van der Waals surface area contributed by atoms with Gasteiger partial charge >= 0.3 is 5.97 Å². The van der Waals surface area contributed by atoms with Gasteiger partial charge in [0.05, 0.1) is 0 Å². The van der Waals surface area contributed by atoms with Gasteiger partial charge in [-0.15, -0.1) is 0 Å². The Morgan fingerprint density at radius 2 is 1.56 bits per heavy atom. The lowest BCUT2D eigenvalue weighted by Gasteiger charge is -2.60. The Hall–Kier alpha value is -3.35. The monoisotopic (exact) mass is 676 g/mol. The Kier molecular flexibility index (Phi) is 9.94. The van der Waals surface area contributed by atoms with Crippen molar-refractivity contribution in [2.45, 2.75) is 120 Å². The summed E-state index contributed by atoms with van der Waals surface area (Å²) in [5.41, 5.74) is 4.94. The van der Waals surface area contributed by atoms with Crippen molar-refractivity contribution in [1.29, 1.82) is 0 Å². The van der Waals surface area contributed by atoms with Gasteiger partial charge in [0, 0.05) is 48.2 Å². The number of piperidine rings is 1. The molecule has 50 heavy (non-hydrogen) atoms. The van der Waals surface area contributed by atoms with E-state index in [1.165, 1.54) is 81.5 Å².